The van der Waals surface area contributed by atoms with Crippen LogP contribution in [0.2, 0.25) is 0 Å². The molecule has 3 nitrogen and oxygen atoms in total. The first-order chi connectivity index (χ1) is 8.15. The molecule has 0 aliphatic heterocycles. The van der Waals surface area contributed by atoms with Crippen molar-refractivity contribution in [2.24, 2.45) is 11.7 Å². The minimum Gasteiger partial charge on any atom is -0.356 e. The molecular formula is C12H18ClIN2OS. The Bertz CT molecular complexity index is 399. The fourth-order valence-corrected chi connectivity index (χ4v) is 3.95. The number of rotatable bonds is 4. The molecule has 1 saturated carbocycles. The highest BCUT2D eigenvalue weighted by atomic mass is 127. The molecule has 1 aromatic heterocycles. The van der Waals surface area contributed by atoms with Gasteiger partial charge in [-0.15, -0.1) is 23.7 Å². The van der Waals surface area contributed by atoms with Gasteiger partial charge in [0.25, 0.3) is 0 Å². The molecule has 0 aromatic carbocycles. The van der Waals surface area contributed by atoms with E-state index in [-0.39, 0.29) is 30.3 Å². The van der Waals surface area contributed by atoms with E-state index in [1.54, 1.807) is 11.3 Å². The van der Waals surface area contributed by atoms with E-state index in [1.165, 1.54) is 7.76 Å². The molecule has 1 aliphatic carbocycles. The quantitative estimate of drug-likeness (QED) is 0.763. The van der Waals surface area contributed by atoms with Crippen molar-refractivity contribution in [2.75, 3.05) is 6.54 Å². The van der Waals surface area contributed by atoms with Crippen molar-refractivity contribution in [1.29, 1.82) is 0 Å². The summed E-state index contributed by atoms with van der Waals surface area (Å²) in [5.74, 6) is 0.331. The van der Waals surface area contributed by atoms with E-state index in [4.69, 9.17) is 5.73 Å². The van der Waals surface area contributed by atoms with Gasteiger partial charge >= 0.3 is 0 Å². The van der Waals surface area contributed by atoms with Crippen molar-refractivity contribution in [1.82, 2.24) is 5.32 Å². The number of carbonyl (C=O) groups is 1. The molecule has 0 bridgehead atoms. The van der Waals surface area contributed by atoms with Crippen LogP contribution in [-0.4, -0.2) is 18.5 Å². The van der Waals surface area contributed by atoms with Crippen LogP contribution in [-0.2, 0) is 11.2 Å². The predicted octanol–water partition coefficient (Wildman–Crippen LogP) is 2.56. The smallest absolute Gasteiger partial charge is 0.223 e. The number of hydrogen-bond donors (Lipinski definition) is 2. The molecule has 1 aromatic rings. The Kier molecular flexibility index (Phi) is 6.90. The number of nitrogens with two attached hydrogens (primary N) is 1. The van der Waals surface area contributed by atoms with Crippen molar-refractivity contribution in [3.8, 4) is 0 Å². The average Bonchev–Trinajstić information content (AvgIpc) is 2.88. The molecule has 1 aliphatic rings. The van der Waals surface area contributed by atoms with E-state index in [9.17, 15) is 4.79 Å². The Labute approximate surface area is 131 Å². The van der Waals surface area contributed by atoms with Gasteiger partial charge in [0.1, 0.15) is 0 Å². The maximum Gasteiger partial charge on any atom is 0.223 e. The molecule has 102 valence electrons. The lowest BCUT2D eigenvalue weighted by molar-refractivity contribution is -0.124. The van der Waals surface area contributed by atoms with E-state index in [2.05, 4.69) is 40.0 Å². The van der Waals surface area contributed by atoms with Crippen molar-refractivity contribution in [3.63, 3.8) is 0 Å². The molecule has 2 rings (SSSR count). The summed E-state index contributed by atoms with van der Waals surface area (Å²) in [5, 5.41) is 3.01. The molecule has 1 fully saturated rings. The Morgan fingerprint density at radius 2 is 2.28 bits per heavy atom. The standard InChI is InChI=1S/C12H17IN2OS.ClH/c13-11-4-3-10(17-11)5-6-15-12(16)8-1-2-9(14)7-8;/h3-4,8-9H,1-2,5-7,14H2,(H,15,16);1H. The van der Waals surface area contributed by atoms with E-state index >= 15 is 0 Å². The second-order valence-corrected chi connectivity index (χ2v) is 7.58. The molecule has 1 heterocycles. The molecule has 2 atom stereocenters. The van der Waals surface area contributed by atoms with Gasteiger partial charge in [-0.05, 0) is 60.4 Å². The summed E-state index contributed by atoms with van der Waals surface area (Å²) >= 11 is 4.10. The largest absolute Gasteiger partial charge is 0.356 e. The molecule has 0 saturated heterocycles. The van der Waals surface area contributed by atoms with Gasteiger partial charge in [-0.2, -0.15) is 0 Å². The Morgan fingerprint density at radius 3 is 2.83 bits per heavy atom. The number of nitrogens with one attached hydrogen (secondary N) is 1. The Balaban J connectivity index is 0.00000162. The van der Waals surface area contributed by atoms with Crippen LogP contribution in [0, 0.1) is 8.80 Å². The highest BCUT2D eigenvalue weighted by molar-refractivity contribution is 14.1. The van der Waals surface area contributed by atoms with E-state index in [1.807, 2.05) is 0 Å². The van der Waals surface area contributed by atoms with Crippen molar-refractivity contribution in [3.05, 3.63) is 19.9 Å². The summed E-state index contributed by atoms with van der Waals surface area (Å²) in [6, 6.07) is 4.47. The minimum absolute atomic E-state index is 0. The van der Waals surface area contributed by atoms with Gasteiger partial charge in [-0.25, -0.2) is 0 Å². The number of amides is 1. The third kappa shape index (κ3) is 4.68. The van der Waals surface area contributed by atoms with E-state index < -0.39 is 0 Å². The lowest BCUT2D eigenvalue weighted by Gasteiger charge is -2.10. The van der Waals surface area contributed by atoms with E-state index in [0.29, 0.717) is 0 Å². The molecule has 1 amide bonds. The third-order valence-electron chi connectivity index (χ3n) is 3.14. The zero-order valence-electron chi connectivity index (χ0n) is 10.0. The molecular weight excluding hydrogens is 383 g/mol. The SMILES string of the molecule is Cl.NC1CCC(C(=O)NCCc2ccc(I)s2)C1. The average molecular weight is 401 g/mol. The molecule has 0 spiro atoms. The maximum absolute atomic E-state index is 11.8. The predicted molar refractivity (Wildman–Crippen MR) is 86.3 cm³/mol. The van der Waals surface area contributed by atoms with Crippen LogP contribution in [0.4, 0.5) is 0 Å². The zero-order valence-corrected chi connectivity index (χ0v) is 13.8. The van der Waals surface area contributed by atoms with Gasteiger partial charge in [-0.1, -0.05) is 0 Å². The second-order valence-electron chi connectivity index (χ2n) is 4.52. The van der Waals surface area contributed by atoms with Gasteiger partial charge in [-0.3, -0.25) is 4.79 Å². The normalized spacial score (nSPS) is 22.6. The summed E-state index contributed by atoms with van der Waals surface area (Å²) in [5.41, 5.74) is 5.81. The van der Waals surface area contributed by atoms with Crippen molar-refractivity contribution < 1.29 is 4.79 Å². The summed E-state index contributed by atoms with van der Waals surface area (Å²) in [4.78, 5) is 13.2. The minimum atomic E-state index is 0. The fraction of sp³-hybridized carbons (Fsp3) is 0.583. The van der Waals surface area contributed by atoms with Gasteiger partial charge in [0, 0.05) is 23.4 Å². The summed E-state index contributed by atoms with van der Waals surface area (Å²) in [7, 11) is 0. The topological polar surface area (TPSA) is 55.1 Å². The number of thiophene rings is 1. The van der Waals surface area contributed by atoms with Gasteiger partial charge in [0.2, 0.25) is 5.91 Å². The van der Waals surface area contributed by atoms with Crippen LogP contribution >= 0.6 is 46.3 Å². The highest BCUT2D eigenvalue weighted by Gasteiger charge is 2.27. The van der Waals surface area contributed by atoms with Gasteiger partial charge in [0.05, 0.1) is 2.88 Å². The Hall–Kier alpha value is 0.150. The van der Waals surface area contributed by atoms with Crippen LogP contribution in [0.3, 0.4) is 0 Å². The molecule has 0 radical (unpaired) electrons. The van der Waals surface area contributed by atoms with Crippen molar-refractivity contribution >= 4 is 52.2 Å². The summed E-state index contributed by atoms with van der Waals surface area (Å²) in [6.45, 7) is 0.737. The first-order valence-electron chi connectivity index (χ1n) is 5.92. The Morgan fingerprint density at radius 1 is 1.50 bits per heavy atom. The number of halogens is 2. The number of hydrogen-bond acceptors (Lipinski definition) is 3. The van der Waals surface area contributed by atoms with Crippen LogP contribution < -0.4 is 11.1 Å². The summed E-state index contributed by atoms with van der Waals surface area (Å²) < 4.78 is 1.30. The van der Waals surface area contributed by atoms with Crippen LogP contribution in [0.5, 0.6) is 0 Å². The maximum atomic E-state index is 11.8. The fourth-order valence-electron chi connectivity index (χ4n) is 2.19. The van der Waals surface area contributed by atoms with Crippen molar-refractivity contribution in [2.45, 2.75) is 31.7 Å². The zero-order chi connectivity index (χ0) is 12.3. The van der Waals surface area contributed by atoms with E-state index in [0.717, 1.165) is 32.2 Å². The second kappa shape index (κ2) is 7.67. The third-order valence-corrected chi connectivity index (χ3v) is 5.10. The summed E-state index contributed by atoms with van der Waals surface area (Å²) in [6.07, 6.45) is 3.71. The van der Waals surface area contributed by atoms with Crippen LogP contribution in [0.15, 0.2) is 12.1 Å². The first kappa shape index (κ1) is 16.2. The van der Waals surface area contributed by atoms with Gasteiger partial charge < -0.3 is 11.1 Å². The highest BCUT2D eigenvalue weighted by Crippen LogP contribution is 2.24. The van der Waals surface area contributed by atoms with Gasteiger partial charge in [0.15, 0.2) is 0 Å². The van der Waals surface area contributed by atoms with Crippen LogP contribution in [0.25, 0.3) is 0 Å². The lowest BCUT2D eigenvalue weighted by atomic mass is 10.1. The lowest BCUT2D eigenvalue weighted by Crippen LogP contribution is -2.31. The van der Waals surface area contributed by atoms with Crippen LogP contribution in [0.1, 0.15) is 24.1 Å². The molecule has 2 unspecified atom stereocenters. The molecule has 6 heteroatoms. The molecule has 18 heavy (non-hydrogen) atoms. The first-order valence-corrected chi connectivity index (χ1v) is 7.82. The monoisotopic (exact) mass is 400 g/mol. The number of carbonyl (C=O) groups excluding carboxylic acids is 1. The molecule has 3 N–H and O–H groups in total.